The maximum Gasteiger partial charge on any atom is 0.335 e. The van der Waals surface area contributed by atoms with Gasteiger partial charge in [-0.15, -0.1) is 0 Å². The van der Waals surface area contributed by atoms with E-state index in [0.29, 0.717) is 37.6 Å². The summed E-state index contributed by atoms with van der Waals surface area (Å²) in [6.45, 7) is 3.02. The van der Waals surface area contributed by atoms with Crippen LogP contribution in [0.2, 0.25) is 0 Å². The number of carboxylic acids is 1. The standard InChI is InChI=1S/C12H16N2O5S/c1-9-8-10(12(15)16)2-3-11(9)13-20(17,18)14-4-6-19-7-5-14/h2-3,8,13H,4-7H2,1H3,(H,15,16). The van der Waals surface area contributed by atoms with Crippen LogP contribution >= 0.6 is 0 Å². The third-order valence-corrected chi connectivity index (χ3v) is 4.55. The smallest absolute Gasteiger partial charge is 0.335 e. The van der Waals surface area contributed by atoms with Gasteiger partial charge in [-0.2, -0.15) is 12.7 Å². The van der Waals surface area contributed by atoms with Crippen LogP contribution in [0.3, 0.4) is 0 Å². The van der Waals surface area contributed by atoms with Gasteiger partial charge in [0.15, 0.2) is 0 Å². The summed E-state index contributed by atoms with van der Waals surface area (Å²) in [5, 5.41) is 8.88. The number of hydrogen-bond donors (Lipinski definition) is 2. The van der Waals surface area contributed by atoms with E-state index in [9.17, 15) is 13.2 Å². The minimum Gasteiger partial charge on any atom is -0.478 e. The van der Waals surface area contributed by atoms with Crippen LogP contribution < -0.4 is 4.72 Å². The molecule has 0 aromatic heterocycles. The number of carboxylic acid groups (broad SMARTS) is 1. The fourth-order valence-electron chi connectivity index (χ4n) is 1.90. The highest BCUT2D eigenvalue weighted by atomic mass is 32.2. The maximum atomic E-state index is 12.2. The zero-order valence-corrected chi connectivity index (χ0v) is 11.8. The minimum absolute atomic E-state index is 0.122. The minimum atomic E-state index is -3.64. The van der Waals surface area contributed by atoms with Crippen molar-refractivity contribution in [1.29, 1.82) is 0 Å². The van der Waals surface area contributed by atoms with Crippen LogP contribution in [0.15, 0.2) is 18.2 Å². The van der Waals surface area contributed by atoms with Gasteiger partial charge in [-0.3, -0.25) is 4.72 Å². The lowest BCUT2D eigenvalue weighted by molar-refractivity contribution is 0.0696. The van der Waals surface area contributed by atoms with Crippen LogP contribution in [0.5, 0.6) is 0 Å². The van der Waals surface area contributed by atoms with Crippen molar-refractivity contribution >= 4 is 21.9 Å². The average molecular weight is 300 g/mol. The molecule has 0 amide bonds. The van der Waals surface area contributed by atoms with Crippen molar-refractivity contribution in [3.8, 4) is 0 Å². The molecule has 0 aliphatic carbocycles. The largest absolute Gasteiger partial charge is 0.478 e. The number of nitrogens with one attached hydrogen (secondary N) is 1. The lowest BCUT2D eigenvalue weighted by atomic mass is 10.1. The van der Waals surface area contributed by atoms with Gasteiger partial charge >= 0.3 is 16.2 Å². The Bertz CT molecular complexity index is 608. The molecule has 1 aromatic rings. The summed E-state index contributed by atoms with van der Waals surface area (Å²) in [7, 11) is -3.64. The molecule has 0 spiro atoms. The number of aromatic carboxylic acids is 1. The molecule has 110 valence electrons. The molecule has 1 aliphatic heterocycles. The van der Waals surface area contributed by atoms with Crippen molar-refractivity contribution < 1.29 is 23.1 Å². The van der Waals surface area contributed by atoms with Crippen LogP contribution in [0.1, 0.15) is 15.9 Å². The van der Waals surface area contributed by atoms with Crippen LogP contribution in [0, 0.1) is 6.92 Å². The van der Waals surface area contributed by atoms with Gasteiger partial charge < -0.3 is 9.84 Å². The number of carbonyl (C=O) groups is 1. The molecule has 20 heavy (non-hydrogen) atoms. The fraction of sp³-hybridized carbons (Fsp3) is 0.417. The Morgan fingerprint density at radius 1 is 1.35 bits per heavy atom. The molecule has 1 aromatic carbocycles. The van der Waals surface area contributed by atoms with Gasteiger partial charge in [0.2, 0.25) is 0 Å². The van der Waals surface area contributed by atoms with Crippen LogP contribution in [0.25, 0.3) is 0 Å². The quantitative estimate of drug-likeness (QED) is 0.852. The van der Waals surface area contributed by atoms with E-state index in [1.165, 1.54) is 22.5 Å². The number of morpholine rings is 1. The molecule has 2 N–H and O–H groups in total. The first-order valence-corrected chi connectivity index (χ1v) is 7.54. The third kappa shape index (κ3) is 3.27. The summed E-state index contributed by atoms with van der Waals surface area (Å²) in [6.07, 6.45) is 0. The summed E-state index contributed by atoms with van der Waals surface area (Å²) in [4.78, 5) is 10.8. The van der Waals surface area contributed by atoms with Gasteiger partial charge in [0.1, 0.15) is 0 Å². The topological polar surface area (TPSA) is 95.9 Å². The van der Waals surface area contributed by atoms with Crippen molar-refractivity contribution in [2.75, 3.05) is 31.0 Å². The Kier molecular flexibility index (Phi) is 4.26. The molecule has 1 fully saturated rings. The monoisotopic (exact) mass is 300 g/mol. The van der Waals surface area contributed by atoms with E-state index >= 15 is 0 Å². The summed E-state index contributed by atoms with van der Waals surface area (Å²) in [5.74, 6) is -1.05. The molecule has 1 aliphatic rings. The van der Waals surface area contributed by atoms with E-state index in [-0.39, 0.29) is 5.56 Å². The molecule has 0 unspecified atom stereocenters. The van der Waals surface area contributed by atoms with Crippen LogP contribution in [-0.4, -0.2) is 50.1 Å². The highest BCUT2D eigenvalue weighted by Gasteiger charge is 2.24. The van der Waals surface area contributed by atoms with Crippen molar-refractivity contribution in [2.24, 2.45) is 0 Å². The second-order valence-electron chi connectivity index (χ2n) is 4.45. The van der Waals surface area contributed by atoms with Gasteiger partial charge in [-0.1, -0.05) is 0 Å². The van der Waals surface area contributed by atoms with E-state index < -0.39 is 16.2 Å². The second kappa shape index (κ2) is 5.78. The zero-order valence-electron chi connectivity index (χ0n) is 11.0. The highest BCUT2D eigenvalue weighted by Crippen LogP contribution is 2.19. The Morgan fingerprint density at radius 2 is 2.00 bits per heavy atom. The van der Waals surface area contributed by atoms with Crippen molar-refractivity contribution in [3.63, 3.8) is 0 Å². The van der Waals surface area contributed by atoms with Crippen molar-refractivity contribution in [3.05, 3.63) is 29.3 Å². The molecule has 2 rings (SSSR count). The van der Waals surface area contributed by atoms with E-state index in [1.54, 1.807) is 6.92 Å². The number of nitrogens with zero attached hydrogens (tertiary/aromatic N) is 1. The average Bonchev–Trinajstić information content (AvgIpc) is 2.41. The SMILES string of the molecule is Cc1cc(C(=O)O)ccc1NS(=O)(=O)N1CCOCC1. The van der Waals surface area contributed by atoms with E-state index in [2.05, 4.69) is 4.72 Å². The molecule has 1 saturated heterocycles. The highest BCUT2D eigenvalue weighted by molar-refractivity contribution is 7.90. The predicted octanol–water partition coefficient (Wildman–Crippen LogP) is 0.682. The van der Waals surface area contributed by atoms with E-state index in [4.69, 9.17) is 9.84 Å². The number of anilines is 1. The third-order valence-electron chi connectivity index (χ3n) is 3.02. The number of ether oxygens (including phenoxy) is 1. The molecule has 1 heterocycles. The summed E-state index contributed by atoms with van der Waals surface area (Å²) < 4.78 is 33.2. The van der Waals surface area contributed by atoms with Gasteiger partial charge in [0, 0.05) is 13.1 Å². The van der Waals surface area contributed by atoms with E-state index in [0.717, 1.165) is 0 Å². The molecule has 0 radical (unpaired) electrons. The first-order chi connectivity index (χ1) is 9.40. The second-order valence-corrected chi connectivity index (χ2v) is 6.12. The van der Waals surface area contributed by atoms with Gasteiger partial charge in [0.25, 0.3) is 0 Å². The first-order valence-electron chi connectivity index (χ1n) is 6.10. The molecule has 7 nitrogen and oxygen atoms in total. The van der Waals surface area contributed by atoms with Crippen molar-refractivity contribution in [2.45, 2.75) is 6.92 Å². The number of aryl methyl sites for hydroxylation is 1. The van der Waals surface area contributed by atoms with Crippen molar-refractivity contribution in [1.82, 2.24) is 4.31 Å². The Morgan fingerprint density at radius 3 is 2.55 bits per heavy atom. The Hall–Kier alpha value is -1.64. The first kappa shape index (κ1) is 14.8. The summed E-state index contributed by atoms with van der Waals surface area (Å²) in [6, 6.07) is 4.25. The summed E-state index contributed by atoms with van der Waals surface area (Å²) in [5.41, 5.74) is 1.06. The lowest BCUT2D eigenvalue weighted by Gasteiger charge is -2.26. The van der Waals surface area contributed by atoms with Gasteiger partial charge in [-0.25, -0.2) is 4.79 Å². The lowest BCUT2D eigenvalue weighted by Crippen LogP contribution is -2.43. The summed E-state index contributed by atoms with van der Waals surface area (Å²) >= 11 is 0. The Labute approximate surface area is 117 Å². The van der Waals surface area contributed by atoms with E-state index in [1.807, 2.05) is 0 Å². The van der Waals surface area contributed by atoms with Crippen LogP contribution in [-0.2, 0) is 14.9 Å². The molecule has 0 saturated carbocycles. The van der Waals surface area contributed by atoms with Crippen LogP contribution in [0.4, 0.5) is 5.69 Å². The Balaban J connectivity index is 2.18. The number of benzene rings is 1. The molecular weight excluding hydrogens is 284 g/mol. The molecule has 8 heteroatoms. The number of rotatable bonds is 4. The normalized spacial score (nSPS) is 16.9. The molecule has 0 atom stereocenters. The zero-order chi connectivity index (χ0) is 14.8. The molecular formula is C12H16N2O5S. The van der Waals surface area contributed by atoms with Gasteiger partial charge in [0.05, 0.1) is 24.5 Å². The maximum absolute atomic E-state index is 12.2. The molecule has 0 bridgehead atoms. The predicted molar refractivity (Wildman–Crippen MR) is 73.1 cm³/mol. The fourth-order valence-corrected chi connectivity index (χ4v) is 3.17. The number of hydrogen-bond acceptors (Lipinski definition) is 4. The van der Waals surface area contributed by atoms with Gasteiger partial charge in [-0.05, 0) is 30.7 Å².